The summed E-state index contributed by atoms with van der Waals surface area (Å²) in [7, 11) is 0. The van der Waals surface area contributed by atoms with E-state index in [-0.39, 0.29) is 5.92 Å². The maximum atomic E-state index is 14.1. The van der Waals surface area contributed by atoms with Crippen LogP contribution in [0.15, 0.2) is 24.8 Å². The molecular formula is C21H32F2. The largest absolute Gasteiger partial charge is 0.203 e. The Bertz CT molecular complexity index is 507. The number of allylic oxidation sites excluding steroid dienone is 1. The van der Waals surface area contributed by atoms with Crippen LogP contribution in [0.25, 0.3) is 0 Å². The van der Waals surface area contributed by atoms with Crippen LogP contribution in [0.4, 0.5) is 8.78 Å². The zero-order chi connectivity index (χ0) is 17.6. The van der Waals surface area contributed by atoms with Gasteiger partial charge >= 0.3 is 0 Å². The Hall–Kier alpha value is -1.18. The lowest BCUT2D eigenvalue weighted by atomic mass is 9.83. The van der Waals surface area contributed by atoms with E-state index in [0.717, 1.165) is 12.8 Å². The topological polar surface area (TPSA) is 0 Å². The van der Waals surface area contributed by atoms with Gasteiger partial charge in [-0.2, -0.15) is 0 Å². The van der Waals surface area contributed by atoms with Crippen molar-refractivity contribution in [2.45, 2.75) is 66.2 Å². The molecule has 0 spiro atoms. The van der Waals surface area contributed by atoms with Crippen molar-refractivity contribution in [1.29, 1.82) is 0 Å². The first-order valence-electron chi connectivity index (χ1n) is 8.84. The molecule has 2 heteroatoms. The number of hydrogen-bond acceptors (Lipinski definition) is 0. The molecule has 0 aliphatic carbocycles. The molecule has 0 amide bonds. The second-order valence-electron chi connectivity index (χ2n) is 7.32. The first kappa shape index (κ1) is 19.9. The molecule has 4 unspecified atom stereocenters. The summed E-state index contributed by atoms with van der Waals surface area (Å²) in [5, 5.41) is 0. The number of aryl methyl sites for hydroxylation is 1. The molecule has 0 fully saturated rings. The van der Waals surface area contributed by atoms with Gasteiger partial charge in [-0.05, 0) is 67.4 Å². The fraction of sp³-hybridized carbons (Fsp3) is 0.619. The molecule has 130 valence electrons. The van der Waals surface area contributed by atoms with Crippen molar-refractivity contribution in [2.24, 2.45) is 17.8 Å². The number of hydrogen-bond donors (Lipinski definition) is 0. The normalized spacial score (nSPS) is 16.7. The minimum Gasteiger partial charge on any atom is -0.203 e. The van der Waals surface area contributed by atoms with Crippen molar-refractivity contribution in [3.63, 3.8) is 0 Å². The van der Waals surface area contributed by atoms with Gasteiger partial charge in [-0.1, -0.05) is 45.9 Å². The Morgan fingerprint density at radius 3 is 2.04 bits per heavy atom. The van der Waals surface area contributed by atoms with E-state index in [0.29, 0.717) is 28.9 Å². The summed E-state index contributed by atoms with van der Waals surface area (Å²) in [5.41, 5.74) is 0.880. The van der Waals surface area contributed by atoms with Crippen LogP contribution in [0.3, 0.4) is 0 Å². The van der Waals surface area contributed by atoms with Crippen molar-refractivity contribution in [3.05, 3.63) is 47.5 Å². The zero-order valence-corrected chi connectivity index (χ0v) is 15.3. The molecule has 1 rings (SSSR count). The molecule has 1 aromatic rings. The summed E-state index contributed by atoms with van der Waals surface area (Å²) in [6.45, 7) is 14.2. The van der Waals surface area contributed by atoms with Gasteiger partial charge < -0.3 is 0 Å². The highest BCUT2D eigenvalue weighted by Crippen LogP contribution is 2.30. The third-order valence-corrected chi connectivity index (χ3v) is 5.34. The molecule has 0 radical (unpaired) electrons. The van der Waals surface area contributed by atoms with Crippen LogP contribution in [-0.4, -0.2) is 0 Å². The lowest BCUT2D eigenvalue weighted by molar-refractivity contribution is 0.313. The summed E-state index contributed by atoms with van der Waals surface area (Å²) < 4.78 is 27.8. The van der Waals surface area contributed by atoms with Crippen LogP contribution in [-0.2, 0) is 0 Å². The van der Waals surface area contributed by atoms with Crippen LogP contribution < -0.4 is 0 Å². The highest BCUT2D eigenvalue weighted by Gasteiger charge is 2.19. The molecule has 4 atom stereocenters. The molecule has 0 aromatic heterocycles. The fourth-order valence-corrected chi connectivity index (χ4v) is 2.92. The number of rotatable bonds is 9. The summed E-state index contributed by atoms with van der Waals surface area (Å²) in [6, 6.07) is 3.41. The highest BCUT2D eigenvalue weighted by atomic mass is 19.2. The molecule has 1 aromatic carbocycles. The Labute approximate surface area is 141 Å². The summed E-state index contributed by atoms with van der Waals surface area (Å²) in [6.07, 6.45) is 6.30. The van der Waals surface area contributed by atoms with Crippen LogP contribution in [0.5, 0.6) is 0 Å². The lowest BCUT2D eigenvalue weighted by Gasteiger charge is -2.23. The molecule has 0 bridgehead atoms. The molecular weight excluding hydrogens is 290 g/mol. The predicted molar refractivity (Wildman–Crippen MR) is 95.7 cm³/mol. The summed E-state index contributed by atoms with van der Waals surface area (Å²) >= 11 is 0. The Balaban J connectivity index is 2.54. The Morgan fingerprint density at radius 2 is 1.48 bits per heavy atom. The molecule has 0 aliphatic rings. The number of halogens is 2. The van der Waals surface area contributed by atoms with Crippen LogP contribution in [0.1, 0.15) is 70.4 Å². The van der Waals surface area contributed by atoms with E-state index in [2.05, 4.69) is 27.4 Å². The van der Waals surface area contributed by atoms with Gasteiger partial charge in [-0.3, -0.25) is 0 Å². The van der Waals surface area contributed by atoms with E-state index in [1.165, 1.54) is 12.8 Å². The van der Waals surface area contributed by atoms with E-state index in [4.69, 9.17) is 0 Å². The van der Waals surface area contributed by atoms with Gasteiger partial charge in [0.15, 0.2) is 11.6 Å². The van der Waals surface area contributed by atoms with Gasteiger partial charge in [0.25, 0.3) is 0 Å². The maximum absolute atomic E-state index is 14.1. The van der Waals surface area contributed by atoms with E-state index >= 15 is 0 Å². The third-order valence-electron chi connectivity index (χ3n) is 5.34. The second-order valence-corrected chi connectivity index (χ2v) is 7.32. The maximum Gasteiger partial charge on any atom is 0.162 e. The molecule has 0 saturated heterocycles. The average molecular weight is 322 g/mol. The number of benzene rings is 1. The molecule has 0 nitrogen and oxygen atoms in total. The van der Waals surface area contributed by atoms with Crippen molar-refractivity contribution < 1.29 is 8.78 Å². The minimum absolute atomic E-state index is 0.0480. The van der Waals surface area contributed by atoms with Gasteiger partial charge in [0.1, 0.15) is 0 Å². The molecule has 0 heterocycles. The Morgan fingerprint density at radius 1 is 0.913 bits per heavy atom. The van der Waals surface area contributed by atoms with Crippen molar-refractivity contribution >= 4 is 0 Å². The van der Waals surface area contributed by atoms with Crippen LogP contribution in [0, 0.1) is 36.3 Å². The SMILES string of the molecule is C=CC(C)CCC(C)C(C)CCC(C)c1ccc(C)c(F)c1F. The average Bonchev–Trinajstić information content (AvgIpc) is 2.54. The summed E-state index contributed by atoms with van der Waals surface area (Å²) in [4.78, 5) is 0. The van der Waals surface area contributed by atoms with Gasteiger partial charge in [-0.25, -0.2) is 8.78 Å². The van der Waals surface area contributed by atoms with Gasteiger partial charge in [0, 0.05) is 0 Å². The summed E-state index contributed by atoms with van der Waals surface area (Å²) in [5.74, 6) is 0.476. The van der Waals surface area contributed by atoms with E-state index in [1.54, 1.807) is 19.1 Å². The van der Waals surface area contributed by atoms with Crippen molar-refractivity contribution in [1.82, 2.24) is 0 Å². The first-order chi connectivity index (χ1) is 10.8. The van der Waals surface area contributed by atoms with E-state index in [9.17, 15) is 8.78 Å². The van der Waals surface area contributed by atoms with E-state index < -0.39 is 11.6 Å². The van der Waals surface area contributed by atoms with Crippen LogP contribution in [0.2, 0.25) is 0 Å². The standard InChI is InChI=1S/C21H32F2/c1-7-14(2)8-9-15(3)16(4)10-11-17(5)19-13-12-18(6)20(22)21(19)23/h7,12-17H,1,8-11H2,2-6H3. The van der Waals surface area contributed by atoms with Crippen LogP contribution >= 0.6 is 0 Å². The monoisotopic (exact) mass is 322 g/mol. The van der Waals surface area contributed by atoms with Crippen molar-refractivity contribution in [2.75, 3.05) is 0 Å². The van der Waals surface area contributed by atoms with Crippen molar-refractivity contribution in [3.8, 4) is 0 Å². The highest BCUT2D eigenvalue weighted by molar-refractivity contribution is 5.27. The third kappa shape index (κ3) is 5.75. The van der Waals surface area contributed by atoms with E-state index in [1.807, 2.05) is 13.0 Å². The molecule has 0 saturated carbocycles. The van der Waals surface area contributed by atoms with Gasteiger partial charge in [-0.15, -0.1) is 6.58 Å². The predicted octanol–water partition coefficient (Wildman–Crippen LogP) is 7.03. The lowest BCUT2D eigenvalue weighted by Crippen LogP contribution is -2.11. The second kappa shape index (κ2) is 9.20. The Kier molecular flexibility index (Phi) is 7.94. The molecule has 0 N–H and O–H groups in total. The quantitative estimate of drug-likeness (QED) is 0.428. The zero-order valence-electron chi connectivity index (χ0n) is 15.3. The molecule has 23 heavy (non-hydrogen) atoms. The van der Waals surface area contributed by atoms with Gasteiger partial charge in [0.05, 0.1) is 0 Å². The first-order valence-corrected chi connectivity index (χ1v) is 8.84. The minimum atomic E-state index is -0.700. The van der Waals surface area contributed by atoms with Gasteiger partial charge in [0.2, 0.25) is 0 Å². The molecule has 0 aliphatic heterocycles. The smallest absolute Gasteiger partial charge is 0.162 e. The fourth-order valence-electron chi connectivity index (χ4n) is 2.92.